The summed E-state index contributed by atoms with van der Waals surface area (Å²) < 4.78 is 7.12. The van der Waals surface area contributed by atoms with E-state index in [-0.39, 0.29) is 0 Å². The zero-order valence-electron chi connectivity index (χ0n) is 27.5. The van der Waals surface area contributed by atoms with Crippen molar-refractivity contribution in [3.63, 3.8) is 0 Å². The van der Waals surface area contributed by atoms with Crippen molar-refractivity contribution >= 4 is 76.2 Å². The van der Waals surface area contributed by atoms with Gasteiger partial charge in [0.1, 0.15) is 0 Å². The minimum atomic E-state index is 0.668. The van der Waals surface area contributed by atoms with Gasteiger partial charge in [0.15, 0.2) is 0 Å². The van der Waals surface area contributed by atoms with Crippen molar-refractivity contribution in [1.82, 2.24) is 13.7 Å². The summed E-state index contributed by atoms with van der Waals surface area (Å²) in [5.41, 5.74) is 10.8. The molecule has 51 heavy (non-hydrogen) atoms. The first-order valence-electron chi connectivity index (χ1n) is 17.3. The van der Waals surface area contributed by atoms with E-state index in [9.17, 15) is 5.26 Å². The van der Waals surface area contributed by atoms with E-state index in [0.717, 1.165) is 49.6 Å². The zero-order chi connectivity index (χ0) is 33.6. The highest BCUT2D eigenvalue weighted by atomic mass is 15.0. The van der Waals surface area contributed by atoms with Crippen LogP contribution in [-0.2, 0) is 0 Å². The summed E-state index contributed by atoms with van der Waals surface area (Å²) >= 11 is 0. The largest absolute Gasteiger partial charge is 0.309 e. The van der Waals surface area contributed by atoms with E-state index >= 15 is 0 Å². The lowest BCUT2D eigenvalue weighted by Crippen LogP contribution is -1.98. The molecular weight excluding hydrogens is 621 g/mol. The summed E-state index contributed by atoms with van der Waals surface area (Å²) in [5.74, 6) is 0. The highest BCUT2D eigenvalue weighted by molar-refractivity contribution is 6.15. The minimum absolute atomic E-state index is 0.668. The molecule has 11 rings (SSSR count). The van der Waals surface area contributed by atoms with Crippen LogP contribution in [0.3, 0.4) is 0 Å². The normalized spacial score (nSPS) is 11.9. The Balaban J connectivity index is 1.27. The second kappa shape index (κ2) is 10.5. The summed E-state index contributed by atoms with van der Waals surface area (Å²) in [4.78, 5) is 0. The second-order valence-corrected chi connectivity index (χ2v) is 13.3. The molecule has 0 aliphatic carbocycles. The molecule has 0 saturated carbocycles. The molecule has 3 aromatic heterocycles. The molecule has 4 heteroatoms. The van der Waals surface area contributed by atoms with Crippen LogP contribution in [-0.4, -0.2) is 13.7 Å². The van der Waals surface area contributed by atoms with Gasteiger partial charge < -0.3 is 13.7 Å². The van der Waals surface area contributed by atoms with Crippen LogP contribution in [0.2, 0.25) is 0 Å². The Morgan fingerprint density at radius 1 is 0.353 bits per heavy atom. The van der Waals surface area contributed by atoms with Crippen molar-refractivity contribution < 1.29 is 0 Å². The number of rotatable bonds is 3. The maximum atomic E-state index is 10.2. The Labute approximate surface area is 292 Å². The molecule has 4 nitrogen and oxygen atoms in total. The van der Waals surface area contributed by atoms with Gasteiger partial charge in [0.2, 0.25) is 0 Å². The number of benzene rings is 8. The monoisotopic (exact) mass is 648 g/mol. The number of nitriles is 1. The van der Waals surface area contributed by atoms with E-state index in [1.807, 2.05) is 12.1 Å². The van der Waals surface area contributed by atoms with E-state index in [1.165, 1.54) is 43.6 Å². The Morgan fingerprint density at radius 3 is 1.22 bits per heavy atom. The summed E-state index contributed by atoms with van der Waals surface area (Å²) in [6.07, 6.45) is 0. The van der Waals surface area contributed by atoms with Gasteiger partial charge in [0.05, 0.1) is 50.4 Å². The number of hydrogen-bond donors (Lipinski definition) is 0. The molecule has 0 saturated heterocycles. The van der Waals surface area contributed by atoms with Gasteiger partial charge in [0, 0.05) is 49.1 Å². The summed E-state index contributed by atoms with van der Waals surface area (Å²) in [6.45, 7) is 0. The maximum absolute atomic E-state index is 10.2. The number of fused-ring (bicyclic) bond motifs is 10. The molecule has 236 valence electrons. The lowest BCUT2D eigenvalue weighted by Gasteiger charge is -2.14. The lowest BCUT2D eigenvalue weighted by atomic mass is 10.0. The second-order valence-electron chi connectivity index (χ2n) is 13.3. The molecule has 0 bridgehead atoms. The summed E-state index contributed by atoms with van der Waals surface area (Å²) in [6, 6.07) is 63.1. The van der Waals surface area contributed by atoms with E-state index in [1.54, 1.807) is 0 Å². The molecular formula is C47H28N4. The third-order valence-corrected chi connectivity index (χ3v) is 10.7. The van der Waals surface area contributed by atoms with Crippen LogP contribution in [0.1, 0.15) is 5.56 Å². The molecule has 0 aliphatic rings. The standard InChI is InChI=1S/C47H28N4/c48-29-31-13-9-11-30-12-10-22-46(47(30)31)51-44-25-23-32(49-40-18-5-1-14-34(40)35-15-2-6-19-41(35)49)27-38(44)39-28-33(24-26-45(39)51)50-42-20-7-3-16-36(42)37-17-4-8-21-43(37)50/h1-28H. The van der Waals surface area contributed by atoms with E-state index < -0.39 is 0 Å². The lowest BCUT2D eigenvalue weighted by molar-refractivity contribution is 1.17. The minimum Gasteiger partial charge on any atom is -0.309 e. The Bertz CT molecular complexity index is 2990. The van der Waals surface area contributed by atoms with Crippen LogP contribution in [0.4, 0.5) is 0 Å². The fourth-order valence-electron chi connectivity index (χ4n) is 8.54. The highest BCUT2D eigenvalue weighted by Crippen LogP contribution is 2.40. The molecule has 8 aromatic carbocycles. The average molecular weight is 649 g/mol. The first-order chi connectivity index (χ1) is 25.3. The van der Waals surface area contributed by atoms with Gasteiger partial charge in [-0.2, -0.15) is 5.26 Å². The molecule has 0 atom stereocenters. The SMILES string of the molecule is N#Cc1cccc2cccc(-n3c4ccc(-n5c6ccccc6c6ccccc65)cc4c4cc(-n5c6ccccc6c6ccccc65)ccc43)c12. The van der Waals surface area contributed by atoms with Crippen LogP contribution in [0.15, 0.2) is 170 Å². The van der Waals surface area contributed by atoms with Gasteiger partial charge in [-0.05, 0) is 78.2 Å². The van der Waals surface area contributed by atoms with E-state index in [0.29, 0.717) is 5.56 Å². The third-order valence-electron chi connectivity index (χ3n) is 10.7. The van der Waals surface area contributed by atoms with Crippen LogP contribution >= 0.6 is 0 Å². The molecule has 0 fully saturated rings. The van der Waals surface area contributed by atoms with Crippen molar-refractivity contribution in [3.05, 3.63) is 175 Å². The van der Waals surface area contributed by atoms with Gasteiger partial charge in [-0.1, -0.05) is 97.1 Å². The number of hydrogen-bond acceptors (Lipinski definition) is 1. The van der Waals surface area contributed by atoms with Crippen LogP contribution in [0.25, 0.3) is 93.3 Å². The average Bonchev–Trinajstić information content (AvgIpc) is 3.82. The molecule has 0 aliphatic heterocycles. The van der Waals surface area contributed by atoms with Crippen LogP contribution in [0, 0.1) is 11.3 Å². The number of aromatic nitrogens is 3. The van der Waals surface area contributed by atoms with Crippen molar-refractivity contribution in [2.45, 2.75) is 0 Å². The van der Waals surface area contributed by atoms with Crippen molar-refractivity contribution in [3.8, 4) is 23.1 Å². The fraction of sp³-hybridized carbons (Fsp3) is 0. The topological polar surface area (TPSA) is 38.6 Å². The highest BCUT2D eigenvalue weighted by Gasteiger charge is 2.20. The molecule has 3 heterocycles. The van der Waals surface area contributed by atoms with Crippen molar-refractivity contribution in [1.29, 1.82) is 5.26 Å². The Kier molecular flexibility index (Phi) is 5.70. The first-order valence-corrected chi connectivity index (χ1v) is 17.3. The Hall–Kier alpha value is -7.09. The molecule has 0 N–H and O–H groups in total. The van der Waals surface area contributed by atoms with Gasteiger partial charge in [-0.15, -0.1) is 0 Å². The smallest absolute Gasteiger partial charge is 0.0998 e. The van der Waals surface area contributed by atoms with Crippen LogP contribution in [0.5, 0.6) is 0 Å². The van der Waals surface area contributed by atoms with Gasteiger partial charge in [-0.25, -0.2) is 0 Å². The van der Waals surface area contributed by atoms with Crippen molar-refractivity contribution in [2.24, 2.45) is 0 Å². The summed E-state index contributed by atoms with van der Waals surface area (Å²) in [7, 11) is 0. The number of nitrogens with zero attached hydrogens (tertiary/aromatic N) is 4. The predicted octanol–water partition coefficient (Wildman–Crippen LogP) is 12.0. The van der Waals surface area contributed by atoms with Gasteiger partial charge >= 0.3 is 0 Å². The zero-order valence-corrected chi connectivity index (χ0v) is 27.5. The third kappa shape index (κ3) is 3.83. The van der Waals surface area contributed by atoms with Gasteiger partial charge in [-0.3, -0.25) is 0 Å². The molecule has 0 radical (unpaired) electrons. The fourth-order valence-corrected chi connectivity index (χ4v) is 8.54. The number of para-hydroxylation sites is 4. The van der Waals surface area contributed by atoms with Gasteiger partial charge in [0.25, 0.3) is 0 Å². The van der Waals surface area contributed by atoms with E-state index in [2.05, 4.69) is 177 Å². The molecule has 0 spiro atoms. The quantitative estimate of drug-likeness (QED) is 0.188. The predicted molar refractivity (Wildman–Crippen MR) is 212 cm³/mol. The maximum Gasteiger partial charge on any atom is 0.0998 e. The first kappa shape index (κ1) is 27.8. The van der Waals surface area contributed by atoms with E-state index in [4.69, 9.17) is 0 Å². The molecule has 0 amide bonds. The summed E-state index contributed by atoms with van der Waals surface area (Å²) in [5, 5.41) is 19.5. The van der Waals surface area contributed by atoms with Crippen LogP contribution < -0.4 is 0 Å². The Morgan fingerprint density at radius 2 is 0.765 bits per heavy atom. The molecule has 11 aromatic rings. The van der Waals surface area contributed by atoms with Crippen molar-refractivity contribution in [2.75, 3.05) is 0 Å². The molecule has 0 unspecified atom stereocenters.